The zero-order chi connectivity index (χ0) is 13.8. The molecule has 0 bridgehead atoms. The highest BCUT2D eigenvalue weighted by Gasteiger charge is 2.11. The van der Waals surface area contributed by atoms with Crippen molar-refractivity contribution in [2.45, 2.75) is 6.92 Å². The van der Waals surface area contributed by atoms with Crippen LogP contribution in [0.2, 0.25) is 0 Å². The van der Waals surface area contributed by atoms with Crippen molar-refractivity contribution in [3.63, 3.8) is 0 Å². The lowest BCUT2D eigenvalue weighted by Crippen LogP contribution is -2.10. The number of nitrogens with one attached hydrogen (secondary N) is 1. The number of ether oxygens (including phenoxy) is 1. The molecule has 0 saturated carbocycles. The maximum absolute atomic E-state index is 13.8. The number of rotatable bonds is 3. The number of H-pyrrole nitrogens is 1. The zero-order valence-corrected chi connectivity index (χ0v) is 10.2. The maximum atomic E-state index is 13.8. The van der Waals surface area contributed by atoms with Gasteiger partial charge < -0.3 is 9.72 Å². The smallest absolute Gasteiger partial charge is 0.266 e. The molecule has 1 aromatic carbocycles. The molecule has 0 amide bonds. The molecular weight excluding hydrogens is 247 g/mol. The molecule has 0 aliphatic carbocycles. The topological polar surface area (TPSA) is 65.9 Å². The summed E-state index contributed by atoms with van der Waals surface area (Å²) in [6.45, 7) is 2.13. The first-order chi connectivity index (χ1) is 9.17. The number of pyridine rings is 1. The number of aromatic nitrogens is 1. The number of halogens is 1. The number of nitrogens with zero attached hydrogens (tertiary/aromatic N) is 1. The van der Waals surface area contributed by atoms with Crippen LogP contribution in [0.5, 0.6) is 5.75 Å². The van der Waals surface area contributed by atoms with Crippen molar-refractivity contribution in [3.8, 4) is 22.9 Å². The maximum Gasteiger partial charge on any atom is 0.266 e. The van der Waals surface area contributed by atoms with Crippen LogP contribution in [-0.2, 0) is 0 Å². The van der Waals surface area contributed by atoms with E-state index in [0.29, 0.717) is 17.7 Å². The molecule has 0 aliphatic rings. The van der Waals surface area contributed by atoms with E-state index in [2.05, 4.69) is 4.98 Å². The third-order valence-corrected chi connectivity index (χ3v) is 2.62. The first-order valence-corrected chi connectivity index (χ1v) is 5.72. The van der Waals surface area contributed by atoms with Gasteiger partial charge >= 0.3 is 0 Å². The number of hydrogen-bond acceptors (Lipinski definition) is 3. The van der Waals surface area contributed by atoms with Gasteiger partial charge in [-0.3, -0.25) is 4.79 Å². The second-order valence-corrected chi connectivity index (χ2v) is 3.79. The predicted octanol–water partition coefficient (Wildman–Crippen LogP) is 2.45. The summed E-state index contributed by atoms with van der Waals surface area (Å²) in [7, 11) is 0. The summed E-state index contributed by atoms with van der Waals surface area (Å²) in [6, 6.07) is 7.74. The summed E-state index contributed by atoms with van der Waals surface area (Å²) in [6.07, 6.45) is 1.42. The summed E-state index contributed by atoms with van der Waals surface area (Å²) in [5, 5.41) is 8.98. The van der Waals surface area contributed by atoms with Gasteiger partial charge in [-0.1, -0.05) is 6.07 Å². The van der Waals surface area contributed by atoms with E-state index in [4.69, 9.17) is 10.00 Å². The van der Waals surface area contributed by atoms with Crippen LogP contribution >= 0.6 is 0 Å². The monoisotopic (exact) mass is 258 g/mol. The van der Waals surface area contributed by atoms with E-state index in [1.807, 2.05) is 6.07 Å². The average Bonchev–Trinajstić information content (AvgIpc) is 2.41. The van der Waals surface area contributed by atoms with E-state index in [0.717, 1.165) is 0 Å². The molecule has 4 nitrogen and oxygen atoms in total. The minimum Gasteiger partial charge on any atom is -0.491 e. The minimum atomic E-state index is -0.525. The lowest BCUT2D eigenvalue weighted by molar-refractivity contribution is 0.321. The molecule has 5 heteroatoms. The van der Waals surface area contributed by atoms with Crippen LogP contribution in [0.25, 0.3) is 11.1 Å². The van der Waals surface area contributed by atoms with Gasteiger partial charge in [0.15, 0.2) is 11.6 Å². The Kier molecular flexibility index (Phi) is 3.62. The fraction of sp³-hybridized carbons (Fsp3) is 0.143. The van der Waals surface area contributed by atoms with Gasteiger partial charge in [0, 0.05) is 11.8 Å². The van der Waals surface area contributed by atoms with E-state index in [-0.39, 0.29) is 11.3 Å². The standard InChI is InChI=1S/C14H11FN2O2/c1-2-19-13-4-3-9(7-12(13)15)10-5-6-17-14(18)11(10)8-16/h3-7H,2H2,1H3,(H,17,18). The summed E-state index contributed by atoms with van der Waals surface area (Å²) in [4.78, 5) is 13.9. The fourth-order valence-corrected chi connectivity index (χ4v) is 1.77. The summed E-state index contributed by atoms with van der Waals surface area (Å²) >= 11 is 0. The quantitative estimate of drug-likeness (QED) is 0.919. The van der Waals surface area contributed by atoms with Crippen molar-refractivity contribution in [1.82, 2.24) is 4.98 Å². The number of aromatic amines is 1. The Bertz CT molecular complexity index is 701. The third-order valence-electron chi connectivity index (χ3n) is 2.62. The van der Waals surface area contributed by atoms with Crippen LogP contribution < -0.4 is 10.3 Å². The molecule has 0 spiro atoms. The summed E-state index contributed by atoms with van der Waals surface area (Å²) in [5.41, 5.74) is 0.331. The molecule has 0 saturated heterocycles. The van der Waals surface area contributed by atoms with Gasteiger partial charge in [-0.2, -0.15) is 5.26 Å². The van der Waals surface area contributed by atoms with Gasteiger partial charge in [-0.25, -0.2) is 4.39 Å². The highest BCUT2D eigenvalue weighted by Crippen LogP contribution is 2.26. The average molecular weight is 258 g/mol. The van der Waals surface area contributed by atoms with Gasteiger partial charge in [-0.15, -0.1) is 0 Å². The fourth-order valence-electron chi connectivity index (χ4n) is 1.77. The van der Waals surface area contributed by atoms with Gasteiger partial charge in [0.25, 0.3) is 5.56 Å². The van der Waals surface area contributed by atoms with E-state index >= 15 is 0 Å². The van der Waals surface area contributed by atoms with Crippen molar-refractivity contribution in [1.29, 1.82) is 5.26 Å². The molecule has 2 rings (SSSR count). The van der Waals surface area contributed by atoms with Crippen LogP contribution in [0.3, 0.4) is 0 Å². The molecule has 0 unspecified atom stereocenters. The SMILES string of the molecule is CCOc1ccc(-c2cc[nH]c(=O)c2C#N)cc1F. The van der Waals surface area contributed by atoms with Crippen molar-refractivity contribution in [3.05, 3.63) is 52.2 Å². The second kappa shape index (κ2) is 5.36. The molecule has 0 radical (unpaired) electrons. The Hall–Kier alpha value is -2.61. The van der Waals surface area contributed by atoms with Crippen molar-refractivity contribution in [2.75, 3.05) is 6.61 Å². The molecule has 0 aliphatic heterocycles. The summed E-state index contributed by atoms with van der Waals surface area (Å²) in [5.74, 6) is -0.377. The van der Waals surface area contributed by atoms with Crippen molar-refractivity contribution in [2.24, 2.45) is 0 Å². The van der Waals surface area contributed by atoms with Crippen LogP contribution in [0.15, 0.2) is 35.3 Å². The third kappa shape index (κ3) is 2.47. The van der Waals surface area contributed by atoms with Crippen LogP contribution in [-0.4, -0.2) is 11.6 Å². The summed E-state index contributed by atoms with van der Waals surface area (Å²) < 4.78 is 18.9. The van der Waals surface area contributed by atoms with Gasteiger partial charge in [0.2, 0.25) is 0 Å². The van der Waals surface area contributed by atoms with Crippen LogP contribution in [0, 0.1) is 17.1 Å². The number of benzene rings is 1. The normalized spacial score (nSPS) is 9.95. The van der Waals surface area contributed by atoms with E-state index in [1.54, 1.807) is 19.1 Å². The Morgan fingerprint density at radius 1 is 1.42 bits per heavy atom. The number of nitriles is 1. The predicted molar refractivity (Wildman–Crippen MR) is 68.3 cm³/mol. The van der Waals surface area contributed by atoms with Gasteiger partial charge in [0.1, 0.15) is 11.6 Å². The lowest BCUT2D eigenvalue weighted by Gasteiger charge is -2.07. The Balaban J connectivity index is 2.55. The molecule has 0 fully saturated rings. The Morgan fingerprint density at radius 2 is 2.21 bits per heavy atom. The molecule has 1 N–H and O–H groups in total. The number of hydrogen-bond donors (Lipinski definition) is 1. The van der Waals surface area contributed by atoms with E-state index in [1.165, 1.54) is 18.3 Å². The van der Waals surface area contributed by atoms with Crippen LogP contribution in [0.4, 0.5) is 4.39 Å². The molecule has 2 aromatic rings. The largest absolute Gasteiger partial charge is 0.491 e. The minimum absolute atomic E-state index is 0.0361. The highest BCUT2D eigenvalue weighted by molar-refractivity contribution is 5.70. The molecule has 96 valence electrons. The van der Waals surface area contributed by atoms with E-state index < -0.39 is 11.4 Å². The first-order valence-electron chi connectivity index (χ1n) is 5.72. The second-order valence-electron chi connectivity index (χ2n) is 3.79. The Morgan fingerprint density at radius 3 is 2.84 bits per heavy atom. The lowest BCUT2D eigenvalue weighted by atomic mass is 10.0. The zero-order valence-electron chi connectivity index (χ0n) is 10.2. The Labute approximate surface area is 109 Å². The van der Waals surface area contributed by atoms with Crippen LogP contribution in [0.1, 0.15) is 12.5 Å². The van der Waals surface area contributed by atoms with Gasteiger partial charge in [-0.05, 0) is 30.7 Å². The van der Waals surface area contributed by atoms with E-state index in [9.17, 15) is 9.18 Å². The molecule has 0 atom stereocenters. The first kappa shape index (κ1) is 12.8. The van der Waals surface area contributed by atoms with Crippen molar-refractivity contribution >= 4 is 0 Å². The van der Waals surface area contributed by atoms with Gasteiger partial charge in [0.05, 0.1) is 6.61 Å². The highest BCUT2D eigenvalue weighted by atomic mass is 19.1. The molecule has 1 heterocycles. The molecule has 1 aromatic heterocycles. The molecular formula is C14H11FN2O2. The molecule has 19 heavy (non-hydrogen) atoms. The van der Waals surface area contributed by atoms with Crippen molar-refractivity contribution < 1.29 is 9.13 Å².